The van der Waals surface area contributed by atoms with Crippen LogP contribution in [0.25, 0.3) is 16.5 Å². The van der Waals surface area contributed by atoms with Crippen LogP contribution in [0.2, 0.25) is 0 Å². The minimum Gasteiger partial charge on any atom is -0.463 e. The Labute approximate surface area is 274 Å². The van der Waals surface area contributed by atoms with Crippen molar-refractivity contribution in [3.05, 3.63) is 57.2 Å². The first-order valence-corrected chi connectivity index (χ1v) is 17.7. The summed E-state index contributed by atoms with van der Waals surface area (Å²) in [6.45, 7) is 29.9. The maximum absolute atomic E-state index is 7.36. The highest BCUT2D eigenvalue weighted by Crippen LogP contribution is 2.50. The number of aryl methyl sites for hydroxylation is 1. The van der Waals surface area contributed by atoms with E-state index >= 15 is 0 Å². The minimum absolute atomic E-state index is 0.263. The van der Waals surface area contributed by atoms with Gasteiger partial charge in [-0.1, -0.05) is 58.4 Å². The highest BCUT2D eigenvalue weighted by molar-refractivity contribution is 6.07. The van der Waals surface area contributed by atoms with Crippen molar-refractivity contribution < 1.29 is 4.74 Å². The molecule has 1 aliphatic heterocycles. The van der Waals surface area contributed by atoms with Crippen molar-refractivity contribution in [1.29, 1.82) is 0 Å². The Morgan fingerprint density at radius 2 is 1.53 bits per heavy atom. The van der Waals surface area contributed by atoms with Gasteiger partial charge in [0.1, 0.15) is 11.3 Å². The van der Waals surface area contributed by atoms with Crippen molar-refractivity contribution in [3.8, 4) is 6.01 Å². The van der Waals surface area contributed by atoms with Gasteiger partial charge in [0.25, 0.3) is 0 Å². The third-order valence-corrected chi connectivity index (χ3v) is 11.2. The van der Waals surface area contributed by atoms with Crippen molar-refractivity contribution in [2.24, 2.45) is 5.41 Å². The third-order valence-electron chi connectivity index (χ3n) is 11.2. The topological polar surface area (TPSA) is 64.3 Å². The molecule has 5 nitrogen and oxygen atoms in total. The number of fused-ring (bicyclic) bond motifs is 1. The van der Waals surface area contributed by atoms with E-state index in [1.807, 2.05) is 0 Å². The number of anilines is 2. The van der Waals surface area contributed by atoms with Gasteiger partial charge in [-0.2, -0.15) is 9.97 Å². The zero-order valence-electron chi connectivity index (χ0n) is 30.3. The van der Waals surface area contributed by atoms with Crippen LogP contribution < -0.4 is 15.4 Å². The third kappa shape index (κ3) is 6.46. The maximum Gasteiger partial charge on any atom is 0.319 e. The molecule has 1 saturated heterocycles. The number of nitrogens with two attached hydrogens (primary N) is 1. The molecule has 2 fully saturated rings. The lowest BCUT2D eigenvalue weighted by Gasteiger charge is -2.33. The van der Waals surface area contributed by atoms with E-state index in [2.05, 4.69) is 87.1 Å². The summed E-state index contributed by atoms with van der Waals surface area (Å²) in [6.07, 6.45) is 12.0. The Morgan fingerprint density at radius 1 is 0.933 bits per heavy atom. The zero-order chi connectivity index (χ0) is 33.2. The van der Waals surface area contributed by atoms with E-state index in [0.29, 0.717) is 30.4 Å². The predicted molar refractivity (Wildman–Crippen MR) is 195 cm³/mol. The standard InChI is InChI=1S/C40H60N4O/c1-13-25(9)27(11)33(26(10)24(7)8)28(12)34-31(16-4)32(17-5)35-37(36(34)41)42-39(45-23-40(18-6)21-22-40)43-38(35)44-29(14-2)19-20-30(44)15-3/h13,29-30H,12,14-23,41H2,1-11H3/b25-13-,33-27-. The van der Waals surface area contributed by atoms with Crippen molar-refractivity contribution in [2.45, 2.75) is 146 Å². The molecule has 1 saturated carbocycles. The van der Waals surface area contributed by atoms with E-state index in [0.717, 1.165) is 60.0 Å². The number of nitrogen functional groups attached to an aromatic ring is 1. The van der Waals surface area contributed by atoms with Crippen molar-refractivity contribution in [2.75, 3.05) is 17.2 Å². The number of nitrogens with zero attached hydrogens (tertiary/aromatic N) is 3. The smallest absolute Gasteiger partial charge is 0.319 e. The monoisotopic (exact) mass is 612 g/mol. The number of allylic oxidation sites excluding steroid dienone is 7. The Kier molecular flexibility index (Phi) is 10.9. The first kappa shape index (κ1) is 34.8. The molecule has 2 atom stereocenters. The first-order chi connectivity index (χ1) is 21.4. The molecule has 45 heavy (non-hydrogen) atoms. The first-order valence-electron chi connectivity index (χ1n) is 17.7. The Balaban J connectivity index is 2.10. The molecule has 0 radical (unpaired) electrons. The van der Waals surface area contributed by atoms with Gasteiger partial charge < -0.3 is 15.4 Å². The van der Waals surface area contributed by atoms with Crippen LogP contribution >= 0.6 is 0 Å². The average molecular weight is 613 g/mol. The SMILES string of the molecule is C=C(/C(C(C)=C(C)C)=C(C)\C(C)=C/C)c1c(CC)c(CC)c2c(N3C(CC)CCC3CC)nc(OCC3(CC)CC3)nc2c1N. The summed E-state index contributed by atoms with van der Waals surface area (Å²) < 4.78 is 6.51. The van der Waals surface area contributed by atoms with Crippen LogP contribution in [-0.2, 0) is 12.8 Å². The van der Waals surface area contributed by atoms with Crippen LogP contribution in [0.4, 0.5) is 11.5 Å². The highest BCUT2D eigenvalue weighted by Gasteiger charge is 2.42. The molecule has 1 aliphatic carbocycles. The quantitative estimate of drug-likeness (QED) is 0.180. The summed E-state index contributed by atoms with van der Waals surface area (Å²) >= 11 is 0. The summed E-state index contributed by atoms with van der Waals surface area (Å²) in [4.78, 5) is 13.1. The van der Waals surface area contributed by atoms with Crippen LogP contribution in [0.15, 0.2) is 40.5 Å². The van der Waals surface area contributed by atoms with E-state index in [1.54, 1.807) is 0 Å². The summed E-state index contributed by atoms with van der Waals surface area (Å²) in [6, 6.07) is 1.34. The number of hydrogen-bond donors (Lipinski definition) is 1. The van der Waals surface area contributed by atoms with Gasteiger partial charge in [-0.25, -0.2) is 0 Å². The van der Waals surface area contributed by atoms with Crippen molar-refractivity contribution in [3.63, 3.8) is 0 Å². The molecule has 4 rings (SSSR count). The number of aromatic nitrogens is 2. The molecule has 0 amide bonds. The van der Waals surface area contributed by atoms with Crippen LogP contribution in [-0.4, -0.2) is 28.7 Å². The molecule has 2 N–H and O–H groups in total. The predicted octanol–water partition coefficient (Wildman–Crippen LogP) is 10.7. The second kappa shape index (κ2) is 14.1. The van der Waals surface area contributed by atoms with Crippen LogP contribution in [0, 0.1) is 5.41 Å². The minimum atomic E-state index is 0.263. The molecule has 2 unspecified atom stereocenters. The van der Waals surface area contributed by atoms with E-state index in [-0.39, 0.29) is 5.41 Å². The average Bonchev–Trinajstić information content (AvgIpc) is 3.71. The van der Waals surface area contributed by atoms with Gasteiger partial charge >= 0.3 is 6.01 Å². The summed E-state index contributed by atoms with van der Waals surface area (Å²) in [5.41, 5.74) is 19.9. The molecule has 2 aromatic rings. The Hall–Kier alpha value is -3.08. The molecule has 1 aromatic carbocycles. The lowest BCUT2D eigenvalue weighted by molar-refractivity contribution is 0.214. The van der Waals surface area contributed by atoms with E-state index in [9.17, 15) is 0 Å². The maximum atomic E-state index is 7.36. The molecule has 5 heteroatoms. The van der Waals surface area contributed by atoms with Crippen molar-refractivity contribution >= 4 is 28.0 Å². The molecular weight excluding hydrogens is 552 g/mol. The van der Waals surface area contributed by atoms with Gasteiger partial charge in [0, 0.05) is 28.4 Å². The van der Waals surface area contributed by atoms with E-state index < -0.39 is 0 Å². The van der Waals surface area contributed by atoms with Gasteiger partial charge in [0.05, 0.1) is 12.3 Å². The largest absolute Gasteiger partial charge is 0.463 e. The number of ether oxygens (including phenoxy) is 1. The second-order valence-corrected chi connectivity index (χ2v) is 13.8. The molecule has 0 bridgehead atoms. The highest BCUT2D eigenvalue weighted by atomic mass is 16.5. The van der Waals surface area contributed by atoms with Gasteiger partial charge in [-0.05, 0) is 133 Å². The second-order valence-electron chi connectivity index (χ2n) is 13.8. The van der Waals surface area contributed by atoms with Gasteiger partial charge in [0.15, 0.2) is 0 Å². The van der Waals surface area contributed by atoms with E-state index in [1.165, 1.54) is 64.7 Å². The molecule has 1 aromatic heterocycles. The Bertz CT molecular complexity index is 1520. The summed E-state index contributed by atoms with van der Waals surface area (Å²) in [5, 5.41) is 1.11. The zero-order valence-corrected chi connectivity index (χ0v) is 30.3. The number of rotatable bonds is 13. The Morgan fingerprint density at radius 3 is 2.00 bits per heavy atom. The summed E-state index contributed by atoms with van der Waals surface area (Å²) in [5.74, 6) is 1.01. The molecule has 2 heterocycles. The number of hydrogen-bond acceptors (Lipinski definition) is 5. The van der Waals surface area contributed by atoms with Gasteiger partial charge in [-0.15, -0.1) is 0 Å². The fourth-order valence-corrected chi connectivity index (χ4v) is 7.49. The lowest BCUT2D eigenvalue weighted by atomic mass is 9.81. The summed E-state index contributed by atoms with van der Waals surface area (Å²) in [7, 11) is 0. The van der Waals surface area contributed by atoms with Crippen LogP contribution in [0.5, 0.6) is 6.01 Å². The lowest BCUT2D eigenvalue weighted by Crippen LogP contribution is -2.36. The van der Waals surface area contributed by atoms with Crippen LogP contribution in [0.1, 0.15) is 138 Å². The van der Waals surface area contributed by atoms with Gasteiger partial charge in [0.2, 0.25) is 0 Å². The fourth-order valence-electron chi connectivity index (χ4n) is 7.49. The normalized spacial score (nSPS) is 20.0. The molecule has 0 spiro atoms. The fraction of sp³-hybridized carbons (Fsp3) is 0.600. The molecule has 246 valence electrons. The van der Waals surface area contributed by atoms with E-state index in [4.69, 9.17) is 27.0 Å². The van der Waals surface area contributed by atoms with Gasteiger partial charge in [-0.3, -0.25) is 0 Å². The molecule has 2 aliphatic rings. The number of benzene rings is 1. The molecular formula is C40H60N4O. The van der Waals surface area contributed by atoms with Crippen molar-refractivity contribution in [1.82, 2.24) is 9.97 Å². The van der Waals surface area contributed by atoms with Crippen LogP contribution in [0.3, 0.4) is 0 Å².